The Hall–Kier alpha value is -7.23. The number of thiophene rings is 1. The molecule has 63 heavy (non-hydrogen) atoms. The van der Waals surface area contributed by atoms with Gasteiger partial charge < -0.3 is 19.4 Å². The number of fused-ring (bicyclic) bond motifs is 13. The first-order chi connectivity index (χ1) is 30.7. The standard InChI is InChI=1S/C54H35BF3N3OS/c1-53(2)37-15-5-3-13-35(37)49-38(53)16-11-19-42(49)61-44-21-12-20-43-50(44)55(52-51(61)36-14-4-10-24-48(36)63-52)39-30-29-34-31-45(39)60(43)41-18-7-9-23-47(41)62-46-22-8-6-17-40(46)59(34)33-27-25-32(26-28-33)54(56,57)58/h3-31H,1-2H3. The van der Waals surface area contributed by atoms with Gasteiger partial charge in [0, 0.05) is 54.3 Å². The lowest BCUT2D eigenvalue weighted by Crippen LogP contribution is -2.60. The summed E-state index contributed by atoms with van der Waals surface area (Å²) >= 11 is 1.85. The van der Waals surface area contributed by atoms with E-state index in [1.807, 2.05) is 58.7 Å². The van der Waals surface area contributed by atoms with Crippen molar-refractivity contribution in [3.05, 3.63) is 193 Å². The third kappa shape index (κ3) is 5.05. The van der Waals surface area contributed by atoms with Crippen LogP contribution in [0.2, 0.25) is 0 Å². The minimum atomic E-state index is -4.46. The number of halogens is 3. The first kappa shape index (κ1) is 36.4. The molecule has 9 heteroatoms. The van der Waals surface area contributed by atoms with Crippen LogP contribution in [0.5, 0.6) is 11.5 Å². The molecule has 4 nitrogen and oxygen atoms in total. The number of hydrogen-bond donors (Lipinski definition) is 0. The fraction of sp³-hybridized carbons (Fsp3) is 0.0741. The second kappa shape index (κ2) is 12.9. The maximum absolute atomic E-state index is 13.9. The summed E-state index contributed by atoms with van der Waals surface area (Å²) in [5.74, 6) is 1.23. The molecule has 1 aromatic heterocycles. The van der Waals surface area contributed by atoms with Crippen molar-refractivity contribution in [2.45, 2.75) is 25.4 Å². The van der Waals surface area contributed by atoms with Gasteiger partial charge in [0.25, 0.3) is 6.71 Å². The Morgan fingerprint density at radius 2 is 1.14 bits per heavy atom. The molecule has 13 rings (SSSR count). The molecular weight excluding hydrogens is 806 g/mol. The molecule has 9 aromatic rings. The molecule has 8 aromatic carbocycles. The molecule has 0 fully saturated rings. The molecule has 0 spiro atoms. The lowest BCUT2D eigenvalue weighted by atomic mass is 9.36. The van der Waals surface area contributed by atoms with Gasteiger partial charge in [-0.3, -0.25) is 0 Å². The summed E-state index contributed by atoms with van der Waals surface area (Å²) in [7, 11) is 0. The van der Waals surface area contributed by atoms with E-state index in [0.29, 0.717) is 22.9 Å². The van der Waals surface area contributed by atoms with Crippen molar-refractivity contribution < 1.29 is 17.9 Å². The first-order valence-corrected chi connectivity index (χ1v) is 21.9. The van der Waals surface area contributed by atoms with Gasteiger partial charge in [-0.25, -0.2) is 0 Å². The number of alkyl halides is 3. The molecule has 1 aliphatic carbocycles. The molecule has 4 heterocycles. The Morgan fingerprint density at radius 3 is 1.92 bits per heavy atom. The minimum Gasteiger partial charge on any atom is -0.453 e. The normalized spacial score (nSPS) is 14.9. The molecule has 0 atom stereocenters. The first-order valence-electron chi connectivity index (χ1n) is 21.1. The predicted octanol–water partition coefficient (Wildman–Crippen LogP) is 13.9. The highest BCUT2D eigenvalue weighted by Gasteiger charge is 2.47. The SMILES string of the molecule is CC1(C)c2ccccc2-c2c(N3c4cccc5c4B(c4ccc6cc4N5c4ccccc4Oc4ccccc4N6c4ccc(C(F)(F)F)cc4)c4sc5ccccc5c43)cccc21. The highest BCUT2D eigenvalue weighted by atomic mass is 32.1. The highest BCUT2D eigenvalue weighted by Crippen LogP contribution is 2.57. The van der Waals surface area contributed by atoms with Gasteiger partial charge >= 0.3 is 6.18 Å². The van der Waals surface area contributed by atoms with Crippen molar-refractivity contribution in [2.75, 3.05) is 14.7 Å². The van der Waals surface area contributed by atoms with Crippen LogP contribution < -0.4 is 35.1 Å². The molecule has 3 aliphatic heterocycles. The van der Waals surface area contributed by atoms with Gasteiger partial charge in [0.2, 0.25) is 0 Å². The monoisotopic (exact) mass is 841 g/mol. The van der Waals surface area contributed by atoms with E-state index in [-0.39, 0.29) is 12.1 Å². The number of rotatable bonds is 2. The van der Waals surface area contributed by atoms with Crippen LogP contribution in [-0.4, -0.2) is 6.71 Å². The zero-order valence-corrected chi connectivity index (χ0v) is 34.9. The van der Waals surface area contributed by atoms with Gasteiger partial charge in [0.1, 0.15) is 0 Å². The maximum Gasteiger partial charge on any atom is 0.416 e. The van der Waals surface area contributed by atoms with Gasteiger partial charge in [-0.15, -0.1) is 11.3 Å². The number of para-hydroxylation sites is 4. The maximum atomic E-state index is 13.9. The largest absolute Gasteiger partial charge is 0.453 e. The topological polar surface area (TPSA) is 19.0 Å². The molecular formula is C54H35BF3N3OS. The van der Waals surface area contributed by atoms with E-state index in [1.54, 1.807) is 0 Å². The van der Waals surface area contributed by atoms with Crippen LogP contribution in [-0.2, 0) is 11.6 Å². The van der Waals surface area contributed by atoms with Gasteiger partial charge in [0.15, 0.2) is 11.5 Å². The number of anilines is 9. The Balaban J connectivity index is 1.10. The summed E-state index contributed by atoms with van der Waals surface area (Å²) in [6.45, 7) is 4.54. The van der Waals surface area contributed by atoms with Crippen LogP contribution in [0.3, 0.4) is 0 Å². The summed E-state index contributed by atoms with van der Waals surface area (Å²) in [5.41, 5.74) is 15.1. The molecule has 2 bridgehead atoms. The van der Waals surface area contributed by atoms with Crippen molar-refractivity contribution in [1.82, 2.24) is 0 Å². The highest BCUT2D eigenvalue weighted by molar-refractivity contribution is 7.33. The predicted molar refractivity (Wildman–Crippen MR) is 253 cm³/mol. The molecule has 4 aliphatic rings. The zero-order chi connectivity index (χ0) is 42.4. The third-order valence-corrected chi connectivity index (χ3v) is 14.7. The van der Waals surface area contributed by atoms with Gasteiger partial charge in [-0.1, -0.05) is 105 Å². The van der Waals surface area contributed by atoms with E-state index in [4.69, 9.17) is 4.74 Å². The van der Waals surface area contributed by atoms with E-state index >= 15 is 0 Å². The van der Waals surface area contributed by atoms with Gasteiger partial charge in [-0.05, 0) is 113 Å². The smallest absolute Gasteiger partial charge is 0.416 e. The summed E-state index contributed by atoms with van der Waals surface area (Å²) < 4.78 is 51.1. The quantitative estimate of drug-likeness (QED) is 0.161. The van der Waals surface area contributed by atoms with E-state index in [9.17, 15) is 13.2 Å². The van der Waals surface area contributed by atoms with Crippen molar-refractivity contribution in [1.29, 1.82) is 0 Å². The summed E-state index contributed by atoms with van der Waals surface area (Å²) in [6.07, 6.45) is -4.46. The number of nitrogens with zero attached hydrogens (tertiary/aromatic N) is 3. The van der Waals surface area contributed by atoms with Crippen LogP contribution in [0.15, 0.2) is 176 Å². The zero-order valence-electron chi connectivity index (χ0n) is 34.1. The van der Waals surface area contributed by atoms with Gasteiger partial charge in [-0.2, -0.15) is 13.2 Å². The van der Waals surface area contributed by atoms with Crippen LogP contribution in [0.25, 0.3) is 21.2 Å². The fourth-order valence-electron chi connectivity index (χ4n) is 10.7. The van der Waals surface area contributed by atoms with Crippen molar-refractivity contribution in [3.8, 4) is 22.6 Å². The van der Waals surface area contributed by atoms with Gasteiger partial charge in [0.05, 0.1) is 28.3 Å². The van der Waals surface area contributed by atoms with Crippen LogP contribution >= 0.6 is 11.3 Å². The molecule has 0 saturated carbocycles. The second-order valence-electron chi connectivity index (χ2n) is 17.2. The molecule has 0 unspecified atom stereocenters. The number of benzene rings is 8. The molecule has 0 saturated heterocycles. The molecule has 302 valence electrons. The van der Waals surface area contributed by atoms with E-state index in [1.165, 1.54) is 60.4 Å². The van der Waals surface area contributed by atoms with Crippen molar-refractivity contribution in [3.63, 3.8) is 0 Å². The van der Waals surface area contributed by atoms with Crippen LogP contribution in [0, 0.1) is 0 Å². The average molecular weight is 842 g/mol. The summed E-state index contributed by atoms with van der Waals surface area (Å²) in [4.78, 5) is 6.86. The molecule has 0 N–H and O–H groups in total. The van der Waals surface area contributed by atoms with Crippen molar-refractivity contribution >= 4 is 95.0 Å². The van der Waals surface area contributed by atoms with Crippen LogP contribution in [0.1, 0.15) is 30.5 Å². The lowest BCUT2D eigenvalue weighted by Gasteiger charge is -2.44. The molecule has 0 amide bonds. The third-order valence-electron chi connectivity index (χ3n) is 13.4. The Labute approximate surface area is 366 Å². The number of ether oxygens (including phenoxy) is 1. The van der Waals surface area contributed by atoms with E-state index < -0.39 is 11.7 Å². The Bertz CT molecular complexity index is 3400. The minimum absolute atomic E-state index is 0.122. The van der Waals surface area contributed by atoms with E-state index in [0.717, 1.165) is 51.7 Å². The molecule has 0 radical (unpaired) electrons. The fourth-order valence-corrected chi connectivity index (χ4v) is 12.0. The Kier molecular flexibility index (Phi) is 7.46. The summed E-state index contributed by atoms with van der Waals surface area (Å²) in [6, 6.07) is 58.8. The van der Waals surface area contributed by atoms with E-state index in [2.05, 4.69) is 133 Å². The summed E-state index contributed by atoms with van der Waals surface area (Å²) in [5, 5.41) is 1.20. The number of hydrogen-bond acceptors (Lipinski definition) is 5. The second-order valence-corrected chi connectivity index (χ2v) is 18.2. The van der Waals surface area contributed by atoms with Crippen LogP contribution in [0.4, 0.5) is 64.4 Å². The average Bonchev–Trinajstić information content (AvgIpc) is 3.79. The van der Waals surface area contributed by atoms with Crippen molar-refractivity contribution in [2.24, 2.45) is 0 Å². The Morgan fingerprint density at radius 1 is 0.540 bits per heavy atom. The lowest BCUT2D eigenvalue weighted by molar-refractivity contribution is -0.137.